The van der Waals surface area contributed by atoms with E-state index in [4.69, 9.17) is 0 Å². The van der Waals surface area contributed by atoms with Crippen molar-refractivity contribution in [2.24, 2.45) is 0 Å². The molecule has 0 bridgehead atoms. The molecule has 0 saturated carbocycles. The van der Waals surface area contributed by atoms with Crippen LogP contribution in [0.3, 0.4) is 0 Å². The number of rotatable bonds is 3. The lowest BCUT2D eigenvalue weighted by Crippen LogP contribution is -2.07. The topological polar surface area (TPSA) is 46.5 Å². The smallest absolute Gasteiger partial charge is 0.308 e. The molecule has 78 valence electrons. The number of hydrogen-bond donors (Lipinski definition) is 1. The third kappa shape index (κ3) is 2.80. The van der Waals surface area contributed by atoms with Gasteiger partial charge in [0, 0.05) is 14.2 Å². The zero-order valence-electron chi connectivity index (χ0n) is 7.91. The minimum Gasteiger partial charge on any atom is -0.469 e. The van der Waals surface area contributed by atoms with E-state index in [0.29, 0.717) is 0 Å². The van der Waals surface area contributed by atoms with Crippen molar-refractivity contribution in [3.63, 3.8) is 0 Å². The molecule has 1 heterocycles. The Labute approximate surface area is 94.8 Å². The Bertz CT molecular complexity index is 335. The monoisotopic (exact) mass is 278 g/mol. The molecule has 3 nitrogen and oxygen atoms in total. The molecule has 0 aliphatic heterocycles. The molecule has 14 heavy (non-hydrogen) atoms. The maximum Gasteiger partial charge on any atom is 0.308 e. The zero-order chi connectivity index (χ0) is 10.7. The van der Waals surface area contributed by atoms with Gasteiger partial charge in [-0.05, 0) is 28.9 Å². The number of thiophene rings is 1. The third-order valence-electron chi connectivity index (χ3n) is 1.73. The van der Waals surface area contributed by atoms with Crippen molar-refractivity contribution in [1.82, 2.24) is 0 Å². The molecular formula is C9H11BrO3S. The Kier molecular flexibility index (Phi) is 4.10. The molecule has 0 amide bonds. The van der Waals surface area contributed by atoms with Crippen LogP contribution in [0.2, 0.25) is 0 Å². The fourth-order valence-corrected chi connectivity index (χ4v) is 2.96. The Morgan fingerprint density at radius 2 is 2.43 bits per heavy atom. The quantitative estimate of drug-likeness (QED) is 0.864. The van der Waals surface area contributed by atoms with Crippen LogP contribution in [0.5, 0.6) is 0 Å². The van der Waals surface area contributed by atoms with Crippen molar-refractivity contribution < 1.29 is 14.6 Å². The number of aliphatic hydroxyl groups is 1. The molecule has 0 aromatic carbocycles. The first-order valence-electron chi connectivity index (χ1n) is 4.05. The standard InChI is InChI=1S/C9H11BrO3S/c1-5-3-6(10)9(14-5)7(11)4-8(12)13-2/h3,7,11H,4H2,1-2H3/t7-/m1/s1. The van der Waals surface area contributed by atoms with Crippen LogP contribution in [-0.4, -0.2) is 18.2 Å². The van der Waals surface area contributed by atoms with Crippen molar-refractivity contribution in [2.75, 3.05) is 7.11 Å². The summed E-state index contributed by atoms with van der Waals surface area (Å²) in [6, 6.07) is 1.92. The predicted molar refractivity (Wildman–Crippen MR) is 58.3 cm³/mol. The Balaban J connectivity index is 2.73. The fraction of sp³-hybridized carbons (Fsp3) is 0.444. The van der Waals surface area contributed by atoms with Gasteiger partial charge in [0.05, 0.1) is 19.6 Å². The first-order chi connectivity index (χ1) is 6.54. The van der Waals surface area contributed by atoms with Crippen molar-refractivity contribution in [1.29, 1.82) is 0 Å². The second kappa shape index (κ2) is 4.91. The summed E-state index contributed by atoms with van der Waals surface area (Å²) < 4.78 is 5.32. The van der Waals surface area contributed by atoms with Crippen LogP contribution in [0.4, 0.5) is 0 Å². The van der Waals surface area contributed by atoms with E-state index < -0.39 is 12.1 Å². The molecule has 0 radical (unpaired) electrons. The highest BCUT2D eigenvalue weighted by molar-refractivity contribution is 9.10. The number of carbonyl (C=O) groups excluding carboxylic acids is 1. The van der Waals surface area contributed by atoms with E-state index in [0.717, 1.165) is 14.2 Å². The van der Waals surface area contributed by atoms with E-state index in [2.05, 4.69) is 20.7 Å². The van der Waals surface area contributed by atoms with Gasteiger partial charge in [-0.2, -0.15) is 0 Å². The number of carbonyl (C=O) groups is 1. The maximum atomic E-state index is 10.9. The normalized spacial score (nSPS) is 12.6. The SMILES string of the molecule is COC(=O)C[C@@H](O)c1sc(C)cc1Br. The van der Waals surface area contributed by atoms with Crippen LogP contribution in [0.25, 0.3) is 0 Å². The molecule has 0 aliphatic carbocycles. The van der Waals surface area contributed by atoms with Crippen LogP contribution in [0, 0.1) is 6.92 Å². The van der Waals surface area contributed by atoms with Gasteiger partial charge in [0.15, 0.2) is 0 Å². The van der Waals surface area contributed by atoms with Gasteiger partial charge in [-0.3, -0.25) is 4.79 Å². The van der Waals surface area contributed by atoms with Gasteiger partial charge in [0.1, 0.15) is 0 Å². The minimum absolute atomic E-state index is 0.00491. The van der Waals surface area contributed by atoms with E-state index >= 15 is 0 Å². The molecule has 1 aromatic rings. The number of hydrogen-bond acceptors (Lipinski definition) is 4. The summed E-state index contributed by atoms with van der Waals surface area (Å²) in [7, 11) is 1.31. The van der Waals surface area contributed by atoms with Crippen molar-refractivity contribution >= 4 is 33.2 Å². The van der Waals surface area contributed by atoms with Crippen LogP contribution in [0.1, 0.15) is 22.3 Å². The summed E-state index contributed by atoms with van der Waals surface area (Å²) in [4.78, 5) is 12.8. The van der Waals surface area contributed by atoms with Gasteiger partial charge >= 0.3 is 5.97 Å². The summed E-state index contributed by atoms with van der Waals surface area (Å²) in [6.45, 7) is 1.95. The molecule has 0 fully saturated rings. The molecule has 1 N–H and O–H groups in total. The van der Waals surface area contributed by atoms with E-state index in [9.17, 15) is 9.90 Å². The Hall–Kier alpha value is -0.390. The van der Waals surface area contributed by atoms with Crippen LogP contribution >= 0.6 is 27.3 Å². The van der Waals surface area contributed by atoms with E-state index in [1.54, 1.807) is 0 Å². The van der Waals surface area contributed by atoms with Gasteiger partial charge in [0.25, 0.3) is 0 Å². The van der Waals surface area contributed by atoms with Gasteiger partial charge in [-0.1, -0.05) is 0 Å². The third-order valence-corrected chi connectivity index (χ3v) is 3.80. The maximum absolute atomic E-state index is 10.9. The average Bonchev–Trinajstić information content (AvgIpc) is 2.45. The molecule has 0 spiro atoms. The molecule has 5 heteroatoms. The summed E-state index contributed by atoms with van der Waals surface area (Å²) in [5.41, 5.74) is 0. The second-order valence-corrected chi connectivity index (χ2v) is 5.01. The van der Waals surface area contributed by atoms with Crippen LogP contribution < -0.4 is 0 Å². The summed E-state index contributed by atoms with van der Waals surface area (Å²) in [5, 5.41) is 9.70. The first-order valence-corrected chi connectivity index (χ1v) is 5.66. The zero-order valence-corrected chi connectivity index (χ0v) is 10.3. The van der Waals surface area contributed by atoms with Gasteiger partial charge in [0.2, 0.25) is 0 Å². The summed E-state index contributed by atoms with van der Waals surface area (Å²) in [6.07, 6.45) is -0.787. The molecular weight excluding hydrogens is 268 g/mol. The first kappa shape index (κ1) is 11.7. The van der Waals surface area contributed by atoms with Crippen molar-refractivity contribution in [2.45, 2.75) is 19.4 Å². The second-order valence-electron chi connectivity index (χ2n) is 2.87. The number of aryl methyl sites for hydroxylation is 1. The van der Waals surface area contributed by atoms with Gasteiger partial charge < -0.3 is 9.84 Å². The lowest BCUT2D eigenvalue weighted by atomic mass is 10.2. The highest BCUT2D eigenvalue weighted by Gasteiger charge is 2.18. The van der Waals surface area contributed by atoms with Crippen molar-refractivity contribution in [3.8, 4) is 0 Å². The van der Waals surface area contributed by atoms with Crippen molar-refractivity contribution in [3.05, 3.63) is 20.3 Å². The number of ether oxygens (including phenoxy) is 1. The summed E-state index contributed by atoms with van der Waals surface area (Å²) >= 11 is 4.80. The average molecular weight is 279 g/mol. The van der Waals surface area contributed by atoms with Crippen LogP contribution in [-0.2, 0) is 9.53 Å². The minimum atomic E-state index is -0.782. The van der Waals surface area contributed by atoms with E-state index in [1.807, 2.05) is 13.0 Å². The van der Waals surface area contributed by atoms with E-state index in [-0.39, 0.29) is 6.42 Å². The molecule has 0 aliphatic rings. The molecule has 0 unspecified atom stereocenters. The molecule has 0 saturated heterocycles. The van der Waals surface area contributed by atoms with Crippen LogP contribution in [0.15, 0.2) is 10.5 Å². The lowest BCUT2D eigenvalue weighted by molar-refractivity contribution is -0.142. The molecule has 1 aromatic heterocycles. The van der Waals surface area contributed by atoms with Gasteiger partial charge in [-0.25, -0.2) is 0 Å². The molecule has 1 atom stereocenters. The Morgan fingerprint density at radius 1 is 1.79 bits per heavy atom. The number of aliphatic hydroxyl groups excluding tert-OH is 1. The number of halogens is 1. The fourth-order valence-electron chi connectivity index (χ4n) is 1.06. The number of esters is 1. The lowest BCUT2D eigenvalue weighted by Gasteiger charge is -2.07. The largest absolute Gasteiger partial charge is 0.469 e. The predicted octanol–water partition coefficient (Wildman–Crippen LogP) is 2.42. The van der Waals surface area contributed by atoms with Gasteiger partial charge in [-0.15, -0.1) is 11.3 Å². The number of methoxy groups -OCH3 is 1. The van der Waals surface area contributed by atoms with E-state index in [1.165, 1.54) is 18.4 Å². The molecule has 1 rings (SSSR count). The summed E-state index contributed by atoms with van der Waals surface area (Å²) in [5.74, 6) is -0.407. The highest BCUT2D eigenvalue weighted by atomic mass is 79.9. The highest BCUT2D eigenvalue weighted by Crippen LogP contribution is 2.33. The Morgan fingerprint density at radius 3 is 2.86 bits per heavy atom.